The quantitative estimate of drug-likeness (QED) is 0.447. The monoisotopic (exact) mass is 423 g/mol. The van der Waals surface area contributed by atoms with Gasteiger partial charge in [0.1, 0.15) is 5.69 Å². The molecule has 0 aliphatic carbocycles. The number of carbonyl (C=O) groups excluding carboxylic acids is 1. The van der Waals surface area contributed by atoms with Crippen molar-refractivity contribution in [2.75, 3.05) is 16.9 Å². The summed E-state index contributed by atoms with van der Waals surface area (Å²) in [5.74, 6) is 6.20. The Hall–Kier alpha value is -3.13. The highest BCUT2D eigenvalue weighted by Gasteiger charge is 2.13. The highest BCUT2D eigenvalue weighted by Crippen LogP contribution is 2.17. The van der Waals surface area contributed by atoms with Crippen LogP contribution in [0.25, 0.3) is 0 Å². The number of carbonyl (C=O) groups is 1. The smallest absolute Gasteiger partial charge is 0.294 e. The van der Waals surface area contributed by atoms with E-state index in [0.29, 0.717) is 12.3 Å². The van der Waals surface area contributed by atoms with Crippen LogP contribution in [0.5, 0.6) is 0 Å². The number of hydrogen-bond acceptors (Lipinski definition) is 6. The lowest BCUT2D eigenvalue weighted by Crippen LogP contribution is -2.34. The predicted molar refractivity (Wildman–Crippen MR) is 120 cm³/mol. The molecule has 1 heterocycles. The zero-order valence-electron chi connectivity index (χ0n) is 17.3. The summed E-state index contributed by atoms with van der Waals surface area (Å²) in [6.07, 6.45) is 0.347. The number of anilines is 1. The molecule has 156 valence electrons. The summed E-state index contributed by atoms with van der Waals surface area (Å²) in [6.45, 7) is 6.21. The second-order valence-electron chi connectivity index (χ2n) is 7.38. The standard InChI is InChI=1S/C22H25N5O2S/c1-14(2)17-9-7-16(8-10-17)12-19-21(29)27(23)22(26-25-19)30-13-20(28)24-18-6-4-5-15(3)11-18/h4-11,14H,12-13,23H2,1-3H3,(H,24,28). The van der Waals surface area contributed by atoms with E-state index in [1.165, 1.54) is 5.56 Å². The molecule has 3 N–H and O–H groups in total. The Morgan fingerprint density at radius 2 is 1.90 bits per heavy atom. The molecule has 0 aliphatic heterocycles. The van der Waals surface area contributed by atoms with Crippen molar-refractivity contribution in [3.05, 3.63) is 81.3 Å². The molecule has 0 saturated heterocycles. The van der Waals surface area contributed by atoms with Crippen molar-refractivity contribution < 1.29 is 4.79 Å². The van der Waals surface area contributed by atoms with Crippen molar-refractivity contribution >= 4 is 23.4 Å². The van der Waals surface area contributed by atoms with Gasteiger partial charge in [-0.05, 0) is 41.7 Å². The molecule has 0 unspecified atom stereocenters. The molecule has 30 heavy (non-hydrogen) atoms. The first kappa shape index (κ1) is 21.6. The molecule has 0 fully saturated rings. The summed E-state index contributed by atoms with van der Waals surface area (Å²) in [4.78, 5) is 24.7. The summed E-state index contributed by atoms with van der Waals surface area (Å²) in [6, 6.07) is 15.6. The van der Waals surface area contributed by atoms with Crippen LogP contribution >= 0.6 is 11.8 Å². The minimum atomic E-state index is -0.417. The molecule has 0 atom stereocenters. The fraction of sp³-hybridized carbons (Fsp3) is 0.273. The number of nitrogens with zero attached hydrogens (tertiary/aromatic N) is 3. The lowest BCUT2D eigenvalue weighted by Gasteiger charge is -2.09. The first-order chi connectivity index (χ1) is 14.3. The van der Waals surface area contributed by atoms with Gasteiger partial charge in [0.2, 0.25) is 11.1 Å². The van der Waals surface area contributed by atoms with Crippen LogP contribution in [0.3, 0.4) is 0 Å². The Morgan fingerprint density at radius 3 is 2.57 bits per heavy atom. The molecule has 0 radical (unpaired) electrons. The number of thioether (sulfide) groups is 1. The van der Waals surface area contributed by atoms with Gasteiger partial charge in [0, 0.05) is 12.1 Å². The maximum atomic E-state index is 12.6. The lowest BCUT2D eigenvalue weighted by atomic mass is 10.0. The average Bonchev–Trinajstić information content (AvgIpc) is 2.71. The van der Waals surface area contributed by atoms with Crippen LogP contribution in [0, 0.1) is 6.92 Å². The molecule has 0 bridgehead atoms. The van der Waals surface area contributed by atoms with E-state index in [2.05, 4.69) is 29.4 Å². The predicted octanol–water partition coefficient (Wildman–Crippen LogP) is 3.11. The third kappa shape index (κ3) is 5.48. The number of amides is 1. The first-order valence-corrected chi connectivity index (χ1v) is 10.6. The van der Waals surface area contributed by atoms with Crippen LogP contribution in [0.15, 0.2) is 58.5 Å². The Balaban J connectivity index is 1.64. The summed E-state index contributed by atoms with van der Waals surface area (Å²) < 4.78 is 0.954. The van der Waals surface area contributed by atoms with Gasteiger partial charge in [-0.25, -0.2) is 0 Å². The van der Waals surface area contributed by atoms with E-state index in [-0.39, 0.29) is 22.5 Å². The fourth-order valence-electron chi connectivity index (χ4n) is 2.89. The topological polar surface area (TPSA) is 103 Å². The van der Waals surface area contributed by atoms with Gasteiger partial charge in [-0.2, -0.15) is 4.68 Å². The minimum absolute atomic E-state index is 0.0648. The third-order valence-electron chi connectivity index (χ3n) is 4.58. The molecule has 2 aromatic carbocycles. The SMILES string of the molecule is Cc1cccc(NC(=O)CSc2nnc(Cc3ccc(C(C)C)cc3)c(=O)n2N)c1. The zero-order valence-corrected chi connectivity index (χ0v) is 18.1. The summed E-state index contributed by atoms with van der Waals surface area (Å²) in [5, 5.41) is 11.1. The second-order valence-corrected chi connectivity index (χ2v) is 8.33. The Bertz CT molecular complexity index is 1090. The second kappa shape index (κ2) is 9.58. The molecular weight excluding hydrogens is 398 g/mol. The van der Waals surface area contributed by atoms with Crippen molar-refractivity contribution in [3.63, 3.8) is 0 Å². The molecule has 8 heteroatoms. The highest BCUT2D eigenvalue weighted by atomic mass is 32.2. The molecule has 1 aromatic heterocycles. The number of nitrogens with two attached hydrogens (primary N) is 1. The molecular formula is C22H25N5O2S. The van der Waals surface area contributed by atoms with Crippen LogP contribution in [-0.4, -0.2) is 26.5 Å². The van der Waals surface area contributed by atoms with Gasteiger partial charge in [0.15, 0.2) is 0 Å². The molecule has 1 amide bonds. The van der Waals surface area contributed by atoms with Gasteiger partial charge in [0.05, 0.1) is 5.75 Å². The van der Waals surface area contributed by atoms with Gasteiger partial charge >= 0.3 is 0 Å². The number of hydrogen-bond donors (Lipinski definition) is 2. The number of nitrogens with one attached hydrogen (secondary N) is 1. The first-order valence-electron chi connectivity index (χ1n) is 9.65. The van der Waals surface area contributed by atoms with Crippen molar-refractivity contribution in [3.8, 4) is 0 Å². The number of aryl methyl sites for hydroxylation is 1. The number of aromatic nitrogens is 3. The summed E-state index contributed by atoms with van der Waals surface area (Å²) in [7, 11) is 0. The van der Waals surface area contributed by atoms with Gasteiger partial charge in [-0.3, -0.25) is 9.59 Å². The van der Waals surface area contributed by atoms with Gasteiger partial charge in [0.25, 0.3) is 5.56 Å². The van der Waals surface area contributed by atoms with Crippen LogP contribution in [0.4, 0.5) is 5.69 Å². The normalized spacial score (nSPS) is 10.9. The van der Waals surface area contributed by atoms with Crippen LogP contribution < -0.4 is 16.7 Å². The maximum absolute atomic E-state index is 12.6. The van der Waals surface area contributed by atoms with E-state index in [4.69, 9.17) is 5.84 Å². The van der Waals surface area contributed by atoms with E-state index >= 15 is 0 Å². The van der Waals surface area contributed by atoms with Crippen molar-refractivity contribution in [1.29, 1.82) is 0 Å². The molecule has 3 aromatic rings. The van der Waals surface area contributed by atoms with E-state index < -0.39 is 5.56 Å². The van der Waals surface area contributed by atoms with E-state index in [1.54, 1.807) is 0 Å². The van der Waals surface area contributed by atoms with Crippen LogP contribution in [-0.2, 0) is 11.2 Å². The van der Waals surface area contributed by atoms with Crippen LogP contribution in [0.2, 0.25) is 0 Å². The van der Waals surface area contributed by atoms with Gasteiger partial charge in [-0.15, -0.1) is 10.2 Å². The third-order valence-corrected chi connectivity index (χ3v) is 5.52. The lowest BCUT2D eigenvalue weighted by molar-refractivity contribution is -0.113. The summed E-state index contributed by atoms with van der Waals surface area (Å²) >= 11 is 1.07. The maximum Gasteiger partial charge on any atom is 0.294 e. The minimum Gasteiger partial charge on any atom is -0.334 e. The molecule has 0 spiro atoms. The Labute approximate surface area is 179 Å². The molecule has 3 rings (SSSR count). The zero-order chi connectivity index (χ0) is 21.7. The van der Waals surface area contributed by atoms with Crippen molar-refractivity contribution in [2.24, 2.45) is 0 Å². The van der Waals surface area contributed by atoms with Gasteiger partial charge in [-0.1, -0.05) is 62.0 Å². The average molecular weight is 424 g/mol. The van der Waals surface area contributed by atoms with E-state index in [1.807, 2.05) is 55.5 Å². The van der Waals surface area contributed by atoms with Crippen LogP contribution in [0.1, 0.15) is 42.1 Å². The Morgan fingerprint density at radius 1 is 1.17 bits per heavy atom. The van der Waals surface area contributed by atoms with Gasteiger partial charge < -0.3 is 11.2 Å². The van der Waals surface area contributed by atoms with E-state index in [0.717, 1.165) is 33.3 Å². The van der Waals surface area contributed by atoms with Crippen molar-refractivity contribution in [2.45, 2.75) is 38.3 Å². The van der Waals surface area contributed by atoms with Crippen molar-refractivity contribution in [1.82, 2.24) is 14.9 Å². The number of nitrogen functional groups attached to an aromatic ring is 1. The number of benzene rings is 2. The molecule has 7 nitrogen and oxygen atoms in total. The largest absolute Gasteiger partial charge is 0.334 e. The highest BCUT2D eigenvalue weighted by molar-refractivity contribution is 7.99. The fourth-order valence-corrected chi connectivity index (χ4v) is 3.55. The Kier molecular flexibility index (Phi) is 6.89. The molecule has 0 saturated carbocycles. The number of rotatable bonds is 7. The molecule has 0 aliphatic rings. The van der Waals surface area contributed by atoms with E-state index in [9.17, 15) is 9.59 Å². The summed E-state index contributed by atoms with van der Waals surface area (Å²) in [5.41, 5.74) is 3.82.